The van der Waals surface area contributed by atoms with Crippen LogP contribution >= 0.6 is 35.3 Å². The van der Waals surface area contributed by atoms with Crippen LogP contribution in [0, 0.1) is 13.8 Å². The third-order valence-electron chi connectivity index (χ3n) is 3.56. The zero-order chi connectivity index (χ0) is 17.5. The number of nitrogens with one attached hydrogen (secondary N) is 2. The number of hydrogen-bond acceptors (Lipinski definition) is 6. The molecule has 0 aromatic carbocycles. The van der Waals surface area contributed by atoms with Crippen LogP contribution in [0.2, 0.25) is 0 Å². The van der Waals surface area contributed by atoms with Crippen LogP contribution < -0.4 is 10.6 Å². The van der Waals surface area contributed by atoms with Crippen molar-refractivity contribution in [1.29, 1.82) is 0 Å². The van der Waals surface area contributed by atoms with Gasteiger partial charge in [-0.15, -0.1) is 35.3 Å². The molecular weight excluding hydrogens is 451 g/mol. The highest BCUT2D eigenvalue weighted by Crippen LogP contribution is 2.15. The van der Waals surface area contributed by atoms with Crippen LogP contribution in [0.4, 0.5) is 0 Å². The molecule has 25 heavy (non-hydrogen) atoms. The number of halogens is 1. The first-order chi connectivity index (χ1) is 11.5. The molecule has 9 heteroatoms. The smallest absolute Gasteiger partial charge is 0.226 e. The van der Waals surface area contributed by atoms with Gasteiger partial charge in [0.1, 0.15) is 5.01 Å². The van der Waals surface area contributed by atoms with Crippen molar-refractivity contribution in [3.63, 3.8) is 0 Å². The van der Waals surface area contributed by atoms with E-state index in [9.17, 15) is 0 Å². The monoisotopic (exact) mass is 478 g/mol. The number of thiazole rings is 1. The van der Waals surface area contributed by atoms with Gasteiger partial charge in [-0.25, -0.2) is 4.98 Å². The molecule has 0 bridgehead atoms. The molecule has 0 saturated carbocycles. The molecule has 0 spiro atoms. The second kappa shape index (κ2) is 10.7. The topological polar surface area (TPSA) is 88.2 Å². The molecule has 140 valence electrons. The second-order valence-corrected chi connectivity index (χ2v) is 7.19. The van der Waals surface area contributed by atoms with Crippen molar-refractivity contribution in [2.75, 3.05) is 13.6 Å². The molecule has 2 rings (SSSR count). The molecule has 0 saturated heterocycles. The summed E-state index contributed by atoms with van der Waals surface area (Å²) in [6, 6.07) is 0. The number of aliphatic imine (C=N–C) groups is 1. The van der Waals surface area contributed by atoms with E-state index >= 15 is 0 Å². The fourth-order valence-electron chi connectivity index (χ4n) is 2.05. The summed E-state index contributed by atoms with van der Waals surface area (Å²) in [5.41, 5.74) is 1.10. The molecule has 2 aromatic heterocycles. The third kappa shape index (κ3) is 6.89. The van der Waals surface area contributed by atoms with Gasteiger partial charge in [-0.2, -0.15) is 4.98 Å². The quantitative estimate of drug-likeness (QED) is 0.275. The summed E-state index contributed by atoms with van der Waals surface area (Å²) < 4.78 is 5.24. The van der Waals surface area contributed by atoms with E-state index in [0.29, 0.717) is 18.4 Å². The summed E-state index contributed by atoms with van der Waals surface area (Å²) >= 11 is 1.71. The normalized spacial score (nSPS) is 11.5. The average Bonchev–Trinajstić information content (AvgIpc) is 3.14. The Balaban J connectivity index is 0.00000312. The van der Waals surface area contributed by atoms with Crippen LogP contribution in [0.3, 0.4) is 0 Å². The van der Waals surface area contributed by atoms with Crippen LogP contribution in [0.15, 0.2) is 9.52 Å². The summed E-state index contributed by atoms with van der Waals surface area (Å²) in [5.74, 6) is 2.53. The Kier molecular flexibility index (Phi) is 9.33. The van der Waals surface area contributed by atoms with E-state index in [2.05, 4.69) is 51.5 Å². The van der Waals surface area contributed by atoms with Gasteiger partial charge in [0.05, 0.1) is 12.2 Å². The van der Waals surface area contributed by atoms with E-state index in [1.54, 1.807) is 18.4 Å². The molecule has 0 atom stereocenters. The van der Waals surface area contributed by atoms with Crippen LogP contribution in [0.25, 0.3) is 0 Å². The van der Waals surface area contributed by atoms with Crippen LogP contribution in [0.5, 0.6) is 0 Å². The SMILES string of the molecule is CN=C(NCCCc1nc(C(C)C)no1)NCc1nc(C)c(C)s1.I. The largest absolute Gasteiger partial charge is 0.356 e. The maximum atomic E-state index is 5.24. The predicted molar refractivity (Wildman–Crippen MR) is 112 cm³/mol. The number of aryl methyl sites for hydroxylation is 3. The van der Waals surface area contributed by atoms with Gasteiger partial charge >= 0.3 is 0 Å². The lowest BCUT2D eigenvalue weighted by molar-refractivity contribution is 0.368. The van der Waals surface area contributed by atoms with Crippen LogP contribution in [-0.4, -0.2) is 34.7 Å². The summed E-state index contributed by atoms with van der Waals surface area (Å²) in [6.45, 7) is 9.69. The molecule has 0 radical (unpaired) electrons. The summed E-state index contributed by atoms with van der Waals surface area (Å²) in [4.78, 5) is 14.4. The minimum atomic E-state index is 0. The van der Waals surface area contributed by atoms with E-state index in [1.165, 1.54) is 4.88 Å². The summed E-state index contributed by atoms with van der Waals surface area (Å²) in [5, 5.41) is 11.6. The Morgan fingerprint density at radius 1 is 1.24 bits per heavy atom. The fraction of sp³-hybridized carbons (Fsp3) is 0.625. The van der Waals surface area contributed by atoms with Gasteiger partial charge in [-0.05, 0) is 20.3 Å². The number of nitrogens with zero attached hydrogens (tertiary/aromatic N) is 4. The number of hydrogen-bond donors (Lipinski definition) is 2. The Morgan fingerprint density at radius 3 is 2.56 bits per heavy atom. The van der Waals surface area contributed by atoms with Gasteiger partial charge in [-0.3, -0.25) is 4.99 Å². The van der Waals surface area contributed by atoms with Crippen molar-refractivity contribution in [1.82, 2.24) is 25.8 Å². The molecular formula is C16H27IN6OS. The fourth-order valence-corrected chi connectivity index (χ4v) is 2.92. The van der Waals surface area contributed by atoms with Crippen molar-refractivity contribution < 1.29 is 4.52 Å². The van der Waals surface area contributed by atoms with E-state index in [4.69, 9.17) is 4.52 Å². The van der Waals surface area contributed by atoms with Gasteiger partial charge in [0.15, 0.2) is 11.8 Å². The van der Waals surface area contributed by atoms with Crippen molar-refractivity contribution >= 4 is 41.3 Å². The van der Waals surface area contributed by atoms with Gasteiger partial charge in [-0.1, -0.05) is 19.0 Å². The number of aromatic nitrogens is 3. The molecule has 2 aromatic rings. The minimum absolute atomic E-state index is 0. The van der Waals surface area contributed by atoms with Crippen molar-refractivity contribution in [2.24, 2.45) is 4.99 Å². The zero-order valence-electron chi connectivity index (χ0n) is 15.4. The highest BCUT2D eigenvalue weighted by Gasteiger charge is 2.09. The Morgan fingerprint density at radius 2 is 2.00 bits per heavy atom. The van der Waals surface area contributed by atoms with Crippen molar-refractivity contribution in [2.45, 2.75) is 53.0 Å². The highest BCUT2D eigenvalue weighted by molar-refractivity contribution is 14.0. The van der Waals surface area contributed by atoms with Crippen molar-refractivity contribution in [3.8, 4) is 0 Å². The Hall–Kier alpha value is -1.23. The minimum Gasteiger partial charge on any atom is -0.356 e. The molecule has 0 fully saturated rings. The molecule has 0 aliphatic carbocycles. The van der Waals surface area contributed by atoms with E-state index in [0.717, 1.165) is 41.9 Å². The first-order valence-electron chi connectivity index (χ1n) is 8.19. The lowest BCUT2D eigenvalue weighted by Gasteiger charge is -2.10. The maximum absolute atomic E-state index is 5.24. The highest BCUT2D eigenvalue weighted by atomic mass is 127. The molecule has 0 amide bonds. The Labute approximate surface area is 170 Å². The summed E-state index contributed by atoms with van der Waals surface area (Å²) in [6.07, 6.45) is 1.66. The number of guanidine groups is 1. The Bertz CT molecular complexity index is 662. The standard InChI is InChI=1S/C16H26N6OS.HI/c1-10(2)15-21-13(23-22-15)7-6-8-18-16(17-5)19-9-14-20-11(3)12(4)24-14;/h10H,6-9H2,1-5H3,(H2,17,18,19);1H. The molecule has 7 nitrogen and oxygen atoms in total. The molecule has 2 heterocycles. The lowest BCUT2D eigenvalue weighted by Crippen LogP contribution is -2.37. The maximum Gasteiger partial charge on any atom is 0.226 e. The third-order valence-corrected chi connectivity index (χ3v) is 4.64. The van der Waals surface area contributed by atoms with E-state index < -0.39 is 0 Å². The molecule has 2 N–H and O–H groups in total. The average molecular weight is 478 g/mol. The van der Waals surface area contributed by atoms with Gasteiger partial charge in [0.2, 0.25) is 5.89 Å². The van der Waals surface area contributed by atoms with E-state index in [-0.39, 0.29) is 24.0 Å². The molecule has 0 unspecified atom stereocenters. The first-order valence-corrected chi connectivity index (χ1v) is 9.01. The predicted octanol–water partition coefficient (Wildman–Crippen LogP) is 3.18. The first kappa shape index (κ1) is 21.8. The molecule has 0 aliphatic heterocycles. The van der Waals surface area contributed by atoms with Gasteiger partial charge in [0.25, 0.3) is 0 Å². The van der Waals surface area contributed by atoms with Crippen LogP contribution in [0.1, 0.15) is 53.5 Å². The van der Waals surface area contributed by atoms with Crippen LogP contribution in [-0.2, 0) is 13.0 Å². The van der Waals surface area contributed by atoms with Gasteiger partial charge in [0, 0.05) is 30.8 Å². The van der Waals surface area contributed by atoms with Crippen molar-refractivity contribution in [3.05, 3.63) is 27.3 Å². The zero-order valence-corrected chi connectivity index (χ0v) is 18.6. The second-order valence-electron chi connectivity index (χ2n) is 5.91. The van der Waals surface area contributed by atoms with E-state index in [1.807, 2.05) is 6.92 Å². The molecule has 0 aliphatic rings. The lowest BCUT2D eigenvalue weighted by atomic mass is 10.2. The summed E-state index contributed by atoms with van der Waals surface area (Å²) in [7, 11) is 1.76. The number of rotatable bonds is 7. The van der Waals surface area contributed by atoms with Gasteiger partial charge < -0.3 is 15.2 Å².